The lowest BCUT2D eigenvalue weighted by Crippen LogP contribution is -2.40. The van der Waals surface area contributed by atoms with E-state index in [4.69, 9.17) is 9.26 Å². The standard InChI is InChI=1S/C19H15BrN4O3/c20-13-2-4-17-21-10-15(24(17)11-13)18-14-3-1-12(9-16(14)27-22-18)19(25)23-5-7-26-8-6-23/h1-4,9-11H,5-8H2. The van der Waals surface area contributed by atoms with E-state index in [1.54, 1.807) is 17.2 Å². The first-order valence-electron chi connectivity index (χ1n) is 8.60. The second-order valence-electron chi connectivity index (χ2n) is 6.37. The molecule has 4 heterocycles. The lowest BCUT2D eigenvalue weighted by Gasteiger charge is -2.26. The molecular weight excluding hydrogens is 412 g/mol. The second-order valence-corrected chi connectivity index (χ2v) is 7.28. The molecule has 4 aromatic rings. The van der Waals surface area contributed by atoms with E-state index in [0.29, 0.717) is 43.1 Å². The van der Waals surface area contributed by atoms with Crippen LogP contribution in [-0.4, -0.2) is 51.7 Å². The Balaban J connectivity index is 1.55. The Hall–Kier alpha value is -2.71. The van der Waals surface area contributed by atoms with Gasteiger partial charge in [0.1, 0.15) is 11.3 Å². The van der Waals surface area contributed by atoms with Crippen LogP contribution >= 0.6 is 15.9 Å². The number of carbonyl (C=O) groups excluding carboxylic acids is 1. The highest BCUT2D eigenvalue weighted by Crippen LogP contribution is 2.30. The molecule has 1 amide bonds. The van der Waals surface area contributed by atoms with E-state index >= 15 is 0 Å². The predicted molar refractivity (Wildman–Crippen MR) is 103 cm³/mol. The summed E-state index contributed by atoms with van der Waals surface area (Å²) in [6, 6.07) is 9.32. The minimum Gasteiger partial charge on any atom is -0.378 e. The highest BCUT2D eigenvalue weighted by molar-refractivity contribution is 9.10. The van der Waals surface area contributed by atoms with Gasteiger partial charge in [0.25, 0.3) is 5.91 Å². The van der Waals surface area contributed by atoms with Crippen LogP contribution in [0.15, 0.2) is 51.7 Å². The molecule has 0 saturated carbocycles. The quantitative estimate of drug-likeness (QED) is 0.491. The first-order valence-corrected chi connectivity index (χ1v) is 9.39. The molecule has 0 atom stereocenters. The molecule has 0 radical (unpaired) electrons. The Morgan fingerprint density at radius 2 is 2.00 bits per heavy atom. The number of amides is 1. The van der Waals surface area contributed by atoms with E-state index in [9.17, 15) is 4.79 Å². The van der Waals surface area contributed by atoms with Crippen molar-refractivity contribution < 1.29 is 14.1 Å². The van der Waals surface area contributed by atoms with Crippen LogP contribution in [0.5, 0.6) is 0 Å². The van der Waals surface area contributed by atoms with Crippen LogP contribution in [0.1, 0.15) is 10.4 Å². The molecule has 0 unspecified atom stereocenters. The summed E-state index contributed by atoms with van der Waals surface area (Å²) in [5.74, 6) is -0.0168. The number of benzene rings is 1. The molecule has 8 heteroatoms. The number of halogens is 1. The fraction of sp³-hybridized carbons (Fsp3) is 0.211. The smallest absolute Gasteiger partial charge is 0.254 e. The van der Waals surface area contributed by atoms with E-state index in [-0.39, 0.29) is 5.91 Å². The lowest BCUT2D eigenvalue weighted by molar-refractivity contribution is 0.0303. The maximum atomic E-state index is 12.7. The summed E-state index contributed by atoms with van der Waals surface area (Å²) in [5, 5.41) is 5.08. The van der Waals surface area contributed by atoms with E-state index < -0.39 is 0 Å². The average molecular weight is 427 g/mol. The molecule has 0 aliphatic carbocycles. The summed E-state index contributed by atoms with van der Waals surface area (Å²) < 4.78 is 13.7. The van der Waals surface area contributed by atoms with Crippen molar-refractivity contribution in [2.24, 2.45) is 0 Å². The third kappa shape index (κ3) is 2.81. The van der Waals surface area contributed by atoms with E-state index in [1.807, 2.05) is 34.9 Å². The maximum Gasteiger partial charge on any atom is 0.254 e. The number of aromatic nitrogens is 3. The number of ether oxygens (including phenoxy) is 1. The van der Waals surface area contributed by atoms with Gasteiger partial charge in [0.15, 0.2) is 5.58 Å². The summed E-state index contributed by atoms with van der Waals surface area (Å²) >= 11 is 3.48. The highest BCUT2D eigenvalue weighted by Gasteiger charge is 2.21. The summed E-state index contributed by atoms with van der Waals surface area (Å²) in [7, 11) is 0. The molecule has 27 heavy (non-hydrogen) atoms. The number of pyridine rings is 1. The molecule has 1 aromatic carbocycles. The van der Waals surface area contributed by atoms with E-state index in [0.717, 1.165) is 21.2 Å². The van der Waals surface area contributed by atoms with Crippen molar-refractivity contribution in [2.45, 2.75) is 0 Å². The number of morpholine rings is 1. The number of nitrogens with zero attached hydrogens (tertiary/aromatic N) is 4. The van der Waals surface area contributed by atoms with Gasteiger partial charge in [-0.3, -0.25) is 9.20 Å². The molecule has 0 N–H and O–H groups in total. The molecule has 3 aromatic heterocycles. The Bertz CT molecular complexity index is 1160. The Morgan fingerprint density at radius 3 is 2.85 bits per heavy atom. The van der Waals surface area contributed by atoms with Gasteiger partial charge in [0, 0.05) is 29.3 Å². The van der Waals surface area contributed by atoms with Gasteiger partial charge in [-0.25, -0.2) is 4.98 Å². The van der Waals surface area contributed by atoms with Crippen LogP contribution in [0.25, 0.3) is 28.0 Å². The number of rotatable bonds is 2. The van der Waals surface area contributed by atoms with Crippen molar-refractivity contribution in [2.75, 3.05) is 26.3 Å². The molecule has 136 valence electrons. The Labute approximate surface area is 162 Å². The van der Waals surface area contributed by atoms with Crippen LogP contribution in [0, 0.1) is 0 Å². The fourth-order valence-electron chi connectivity index (χ4n) is 3.33. The molecule has 7 nitrogen and oxygen atoms in total. The maximum absolute atomic E-state index is 12.7. The van der Waals surface area contributed by atoms with Crippen LogP contribution < -0.4 is 0 Å². The van der Waals surface area contributed by atoms with E-state index in [1.165, 1.54) is 0 Å². The van der Waals surface area contributed by atoms with Crippen molar-refractivity contribution in [1.82, 2.24) is 19.4 Å². The second kappa shape index (κ2) is 6.47. The van der Waals surface area contributed by atoms with Crippen LogP contribution in [-0.2, 0) is 4.74 Å². The van der Waals surface area contributed by atoms with Crippen molar-refractivity contribution in [3.05, 3.63) is 52.8 Å². The minimum atomic E-state index is -0.0168. The Kier molecular flexibility index (Phi) is 3.95. The highest BCUT2D eigenvalue weighted by atomic mass is 79.9. The number of fused-ring (bicyclic) bond motifs is 2. The third-order valence-electron chi connectivity index (χ3n) is 4.73. The van der Waals surface area contributed by atoms with Crippen LogP contribution in [0.3, 0.4) is 0 Å². The molecule has 1 saturated heterocycles. The summed E-state index contributed by atoms with van der Waals surface area (Å²) in [6.45, 7) is 2.36. The molecule has 1 fully saturated rings. The van der Waals surface area contributed by atoms with Gasteiger partial charge in [-0.1, -0.05) is 5.16 Å². The molecule has 1 aliphatic heterocycles. The van der Waals surface area contributed by atoms with Crippen molar-refractivity contribution in [1.29, 1.82) is 0 Å². The monoisotopic (exact) mass is 426 g/mol. The van der Waals surface area contributed by atoms with Gasteiger partial charge in [-0.15, -0.1) is 0 Å². The molecule has 0 bridgehead atoms. The summed E-state index contributed by atoms with van der Waals surface area (Å²) in [6.07, 6.45) is 3.71. The minimum absolute atomic E-state index is 0.0168. The number of carbonyl (C=O) groups is 1. The SMILES string of the molecule is O=C(c1ccc2c(-c3cnc4ccc(Br)cn34)noc2c1)N1CCOCC1. The first kappa shape index (κ1) is 16.5. The number of hydrogen-bond acceptors (Lipinski definition) is 5. The fourth-order valence-corrected chi connectivity index (χ4v) is 3.67. The van der Waals surface area contributed by atoms with Gasteiger partial charge in [-0.2, -0.15) is 0 Å². The first-order chi connectivity index (χ1) is 13.2. The lowest BCUT2D eigenvalue weighted by atomic mass is 10.1. The van der Waals surface area contributed by atoms with Crippen molar-refractivity contribution in [3.8, 4) is 11.4 Å². The summed E-state index contributed by atoms with van der Waals surface area (Å²) in [5.41, 5.74) is 3.52. The van der Waals surface area contributed by atoms with Crippen LogP contribution in [0.4, 0.5) is 0 Å². The predicted octanol–water partition coefficient (Wildman–Crippen LogP) is 3.38. The van der Waals surface area contributed by atoms with Gasteiger partial charge in [0.2, 0.25) is 0 Å². The Morgan fingerprint density at radius 1 is 1.15 bits per heavy atom. The topological polar surface area (TPSA) is 72.9 Å². The van der Waals surface area contributed by atoms with E-state index in [2.05, 4.69) is 26.1 Å². The average Bonchev–Trinajstić information content (AvgIpc) is 3.30. The zero-order chi connectivity index (χ0) is 18.4. The van der Waals surface area contributed by atoms with Crippen molar-refractivity contribution >= 4 is 38.5 Å². The van der Waals surface area contributed by atoms with Crippen molar-refractivity contribution in [3.63, 3.8) is 0 Å². The molecule has 0 spiro atoms. The van der Waals surface area contributed by atoms with Gasteiger partial charge in [0.05, 0.1) is 30.5 Å². The largest absolute Gasteiger partial charge is 0.378 e. The van der Waals surface area contributed by atoms with Crippen LogP contribution in [0.2, 0.25) is 0 Å². The molecule has 5 rings (SSSR count). The zero-order valence-electron chi connectivity index (χ0n) is 14.3. The normalized spacial score (nSPS) is 14.9. The summed E-state index contributed by atoms with van der Waals surface area (Å²) in [4.78, 5) is 18.9. The number of hydrogen-bond donors (Lipinski definition) is 0. The number of imidazole rings is 1. The van der Waals surface area contributed by atoms with Gasteiger partial charge >= 0.3 is 0 Å². The van der Waals surface area contributed by atoms with Gasteiger partial charge in [-0.05, 0) is 46.3 Å². The zero-order valence-corrected chi connectivity index (χ0v) is 15.8. The molecular formula is C19H15BrN4O3. The van der Waals surface area contributed by atoms with Gasteiger partial charge < -0.3 is 14.2 Å². The molecule has 1 aliphatic rings. The third-order valence-corrected chi connectivity index (χ3v) is 5.20.